The number of sulfone groups is 1. The fraction of sp³-hybridized carbons (Fsp3) is 0.421. The Bertz CT molecular complexity index is 925. The summed E-state index contributed by atoms with van der Waals surface area (Å²) in [6.07, 6.45) is 0. The van der Waals surface area contributed by atoms with Crippen molar-refractivity contribution in [3.63, 3.8) is 0 Å². The second kappa shape index (κ2) is 6.11. The van der Waals surface area contributed by atoms with E-state index in [1.165, 1.54) is 23.3 Å². The first-order valence-corrected chi connectivity index (χ1v) is 10.4. The largest absolute Gasteiger partial charge is 0.336 e. The Morgan fingerprint density at radius 2 is 1.76 bits per heavy atom. The van der Waals surface area contributed by atoms with Gasteiger partial charge in [0.1, 0.15) is 0 Å². The van der Waals surface area contributed by atoms with Crippen LogP contribution in [0.4, 0.5) is 0 Å². The highest BCUT2D eigenvalue weighted by Gasteiger charge is 2.47. The molecule has 25 heavy (non-hydrogen) atoms. The predicted octanol–water partition coefficient (Wildman–Crippen LogP) is 1.67. The molecule has 4 rings (SSSR count). The third kappa shape index (κ3) is 3.16. The average molecular weight is 358 g/mol. The highest BCUT2D eigenvalue weighted by atomic mass is 32.2. The van der Waals surface area contributed by atoms with Gasteiger partial charge in [-0.15, -0.1) is 0 Å². The van der Waals surface area contributed by atoms with Crippen LogP contribution in [0.2, 0.25) is 0 Å². The lowest BCUT2D eigenvalue weighted by Crippen LogP contribution is -2.59. The maximum atomic E-state index is 12.2. The average Bonchev–Trinajstić information content (AvgIpc) is 2.90. The normalized spacial score (nSPS) is 25.9. The number of rotatable bonds is 2. The second-order valence-corrected chi connectivity index (χ2v) is 9.23. The zero-order chi connectivity index (χ0) is 17.6. The minimum Gasteiger partial charge on any atom is -0.336 e. The molecule has 2 aliphatic rings. The van der Waals surface area contributed by atoms with Crippen LogP contribution in [-0.2, 0) is 21.2 Å². The molecular formula is C19H22N2O3S. The maximum Gasteiger partial charge on any atom is 0.219 e. The topological polar surface area (TPSA) is 57.7 Å². The van der Waals surface area contributed by atoms with E-state index in [9.17, 15) is 13.2 Å². The van der Waals surface area contributed by atoms with Gasteiger partial charge in [0.05, 0.1) is 17.5 Å². The number of nitrogens with zero attached hydrogens (tertiary/aromatic N) is 2. The van der Waals surface area contributed by atoms with Crippen LogP contribution in [0, 0.1) is 0 Å². The zero-order valence-corrected chi connectivity index (χ0v) is 15.1. The first-order chi connectivity index (χ1) is 11.9. The first-order valence-electron chi connectivity index (χ1n) is 8.62. The third-order valence-electron chi connectivity index (χ3n) is 5.40. The van der Waals surface area contributed by atoms with Gasteiger partial charge in [0, 0.05) is 32.6 Å². The maximum absolute atomic E-state index is 12.2. The minimum atomic E-state index is -3.09. The van der Waals surface area contributed by atoms with Crippen LogP contribution in [0.25, 0.3) is 10.8 Å². The molecule has 132 valence electrons. The molecule has 0 saturated carbocycles. The summed E-state index contributed by atoms with van der Waals surface area (Å²) in [7, 11) is -3.09. The Morgan fingerprint density at radius 1 is 1.04 bits per heavy atom. The van der Waals surface area contributed by atoms with Gasteiger partial charge in [0.2, 0.25) is 5.91 Å². The molecule has 0 bridgehead atoms. The monoisotopic (exact) mass is 358 g/mol. The molecular weight excluding hydrogens is 336 g/mol. The molecule has 0 radical (unpaired) electrons. The van der Waals surface area contributed by atoms with E-state index in [0.29, 0.717) is 19.6 Å². The number of amides is 1. The fourth-order valence-corrected chi connectivity index (χ4v) is 6.20. The van der Waals surface area contributed by atoms with E-state index in [0.717, 1.165) is 0 Å². The quantitative estimate of drug-likeness (QED) is 0.819. The van der Waals surface area contributed by atoms with E-state index >= 15 is 0 Å². The van der Waals surface area contributed by atoms with E-state index in [4.69, 9.17) is 0 Å². The standard InChI is InChI=1S/C19H22N2O3S/c1-14(22)21-9-8-20(18-12-25(23,24)13-19(18)21)11-15-6-7-16-4-2-3-5-17(16)10-15/h2-7,10,18-19H,8-9,11-13H2,1H3/t18-,19+/m0/s1. The number of hydrogen-bond acceptors (Lipinski definition) is 4. The molecule has 0 aliphatic carbocycles. The van der Waals surface area contributed by atoms with Crippen LogP contribution in [0.15, 0.2) is 42.5 Å². The van der Waals surface area contributed by atoms with Gasteiger partial charge in [-0.2, -0.15) is 0 Å². The molecule has 1 amide bonds. The van der Waals surface area contributed by atoms with Crippen LogP contribution >= 0.6 is 0 Å². The lowest BCUT2D eigenvalue weighted by molar-refractivity contribution is -0.134. The van der Waals surface area contributed by atoms with Crippen molar-refractivity contribution in [3.05, 3.63) is 48.0 Å². The molecule has 2 aliphatic heterocycles. The number of benzene rings is 2. The summed E-state index contributed by atoms with van der Waals surface area (Å²) in [6, 6.07) is 14.3. The molecule has 0 N–H and O–H groups in total. The molecule has 2 fully saturated rings. The van der Waals surface area contributed by atoms with Gasteiger partial charge in [0.15, 0.2) is 9.84 Å². The van der Waals surface area contributed by atoms with Gasteiger partial charge in [-0.1, -0.05) is 36.4 Å². The van der Waals surface area contributed by atoms with Crippen molar-refractivity contribution >= 4 is 26.5 Å². The van der Waals surface area contributed by atoms with E-state index in [-0.39, 0.29) is 29.5 Å². The van der Waals surface area contributed by atoms with Crippen molar-refractivity contribution in [1.82, 2.24) is 9.80 Å². The number of hydrogen-bond donors (Lipinski definition) is 0. The molecule has 2 aromatic rings. The first kappa shape index (κ1) is 16.5. The van der Waals surface area contributed by atoms with Gasteiger partial charge in [0.25, 0.3) is 0 Å². The van der Waals surface area contributed by atoms with Crippen LogP contribution in [0.3, 0.4) is 0 Å². The fourth-order valence-electron chi connectivity index (χ4n) is 4.18. The Kier molecular flexibility index (Phi) is 4.04. The predicted molar refractivity (Wildman–Crippen MR) is 98.0 cm³/mol. The van der Waals surface area contributed by atoms with Crippen molar-refractivity contribution in [2.75, 3.05) is 24.6 Å². The Balaban J connectivity index is 1.60. The van der Waals surface area contributed by atoms with Crippen LogP contribution < -0.4 is 0 Å². The lowest BCUT2D eigenvalue weighted by atomic mass is 10.0. The highest BCUT2D eigenvalue weighted by Crippen LogP contribution is 2.28. The van der Waals surface area contributed by atoms with Gasteiger partial charge in [-0.05, 0) is 22.4 Å². The Morgan fingerprint density at radius 3 is 2.52 bits per heavy atom. The van der Waals surface area contributed by atoms with E-state index in [1.54, 1.807) is 4.90 Å². The summed E-state index contributed by atoms with van der Waals surface area (Å²) in [4.78, 5) is 15.9. The molecule has 0 unspecified atom stereocenters. The molecule has 2 saturated heterocycles. The van der Waals surface area contributed by atoms with E-state index in [1.807, 2.05) is 12.1 Å². The molecule has 0 aromatic heterocycles. The molecule has 2 heterocycles. The number of carbonyl (C=O) groups is 1. The van der Waals surface area contributed by atoms with Crippen molar-refractivity contribution in [2.45, 2.75) is 25.6 Å². The van der Waals surface area contributed by atoms with E-state index in [2.05, 4.69) is 35.2 Å². The van der Waals surface area contributed by atoms with Crippen molar-refractivity contribution < 1.29 is 13.2 Å². The lowest BCUT2D eigenvalue weighted by Gasteiger charge is -2.43. The highest BCUT2D eigenvalue weighted by molar-refractivity contribution is 7.91. The Hall–Kier alpha value is -1.92. The molecule has 5 nitrogen and oxygen atoms in total. The van der Waals surface area contributed by atoms with Crippen molar-refractivity contribution in [2.24, 2.45) is 0 Å². The van der Waals surface area contributed by atoms with Gasteiger partial charge >= 0.3 is 0 Å². The zero-order valence-electron chi connectivity index (χ0n) is 14.3. The minimum absolute atomic E-state index is 0.0301. The number of carbonyl (C=O) groups excluding carboxylic acids is 1. The van der Waals surface area contributed by atoms with Crippen molar-refractivity contribution in [3.8, 4) is 0 Å². The summed E-state index contributed by atoms with van der Waals surface area (Å²) < 4.78 is 24.3. The molecule has 2 atom stereocenters. The van der Waals surface area contributed by atoms with Crippen molar-refractivity contribution in [1.29, 1.82) is 0 Å². The number of piperazine rings is 1. The summed E-state index contributed by atoms with van der Waals surface area (Å²) >= 11 is 0. The summed E-state index contributed by atoms with van der Waals surface area (Å²) in [5, 5.41) is 2.40. The van der Waals surface area contributed by atoms with Crippen LogP contribution in [0.1, 0.15) is 12.5 Å². The molecule has 2 aromatic carbocycles. The van der Waals surface area contributed by atoms with Crippen LogP contribution in [0.5, 0.6) is 0 Å². The smallest absolute Gasteiger partial charge is 0.219 e. The van der Waals surface area contributed by atoms with E-state index < -0.39 is 9.84 Å². The summed E-state index contributed by atoms with van der Waals surface area (Å²) in [6.45, 7) is 3.55. The summed E-state index contributed by atoms with van der Waals surface area (Å²) in [5.41, 5.74) is 1.18. The second-order valence-electron chi connectivity index (χ2n) is 7.08. The SMILES string of the molecule is CC(=O)N1CCN(Cc2ccc3ccccc3c2)[C@H]2CS(=O)(=O)C[C@H]21. The third-order valence-corrected chi connectivity index (χ3v) is 7.09. The Labute approximate surface area is 148 Å². The molecule has 0 spiro atoms. The number of fused-ring (bicyclic) bond motifs is 2. The molecule has 6 heteroatoms. The van der Waals surface area contributed by atoms with Gasteiger partial charge in [-0.25, -0.2) is 8.42 Å². The van der Waals surface area contributed by atoms with Crippen LogP contribution in [-0.4, -0.2) is 60.8 Å². The van der Waals surface area contributed by atoms with Gasteiger partial charge < -0.3 is 4.90 Å². The summed E-state index contributed by atoms with van der Waals surface area (Å²) in [5.74, 6) is 0.206. The van der Waals surface area contributed by atoms with Gasteiger partial charge in [-0.3, -0.25) is 9.69 Å².